The van der Waals surface area contributed by atoms with Crippen molar-refractivity contribution in [1.82, 2.24) is 19.7 Å². The van der Waals surface area contributed by atoms with Gasteiger partial charge >= 0.3 is 0 Å². The van der Waals surface area contributed by atoms with Gasteiger partial charge in [-0.15, -0.1) is 0 Å². The predicted molar refractivity (Wildman–Crippen MR) is 113 cm³/mol. The fourth-order valence-corrected chi connectivity index (χ4v) is 4.12. The summed E-state index contributed by atoms with van der Waals surface area (Å²) < 4.78 is 7.02. The van der Waals surface area contributed by atoms with Gasteiger partial charge in [0.05, 0.1) is 22.3 Å². The van der Waals surface area contributed by atoms with Crippen molar-refractivity contribution in [3.63, 3.8) is 0 Å². The molecular formula is C22H20N4O2S. The highest BCUT2D eigenvalue weighted by Gasteiger charge is 2.29. The maximum atomic E-state index is 13.3. The van der Waals surface area contributed by atoms with Crippen molar-refractivity contribution < 1.29 is 4.52 Å². The van der Waals surface area contributed by atoms with E-state index in [0.29, 0.717) is 33.6 Å². The summed E-state index contributed by atoms with van der Waals surface area (Å²) in [5, 5.41) is 5.30. The zero-order valence-corrected chi connectivity index (χ0v) is 16.9. The van der Waals surface area contributed by atoms with Crippen molar-refractivity contribution in [3.05, 3.63) is 76.2 Å². The van der Waals surface area contributed by atoms with E-state index in [2.05, 4.69) is 17.1 Å². The van der Waals surface area contributed by atoms with Gasteiger partial charge in [0.1, 0.15) is 0 Å². The van der Waals surface area contributed by atoms with Crippen LogP contribution < -0.4 is 5.56 Å². The van der Waals surface area contributed by atoms with Crippen LogP contribution in [0, 0.1) is 0 Å². The lowest BCUT2D eigenvalue weighted by molar-refractivity contribution is 0.375. The van der Waals surface area contributed by atoms with E-state index in [0.717, 1.165) is 30.8 Å². The van der Waals surface area contributed by atoms with E-state index in [9.17, 15) is 4.79 Å². The lowest BCUT2D eigenvalue weighted by Gasteiger charge is -2.13. The number of aryl methyl sites for hydroxylation is 1. The summed E-state index contributed by atoms with van der Waals surface area (Å²) in [6.07, 6.45) is 3.19. The molecule has 0 amide bonds. The highest BCUT2D eigenvalue weighted by Crippen LogP contribution is 2.39. The Balaban J connectivity index is 1.55. The molecule has 1 saturated carbocycles. The van der Waals surface area contributed by atoms with Crippen LogP contribution in [0.15, 0.2) is 63.0 Å². The minimum atomic E-state index is -0.0749. The molecule has 2 aromatic carbocycles. The molecule has 4 aromatic rings. The van der Waals surface area contributed by atoms with E-state index in [1.807, 2.05) is 48.5 Å². The van der Waals surface area contributed by atoms with E-state index < -0.39 is 0 Å². The van der Waals surface area contributed by atoms with Gasteiger partial charge in [-0.2, -0.15) is 4.98 Å². The van der Waals surface area contributed by atoms with Crippen LogP contribution in [0.25, 0.3) is 16.6 Å². The molecule has 0 atom stereocenters. The Bertz CT molecular complexity index is 1230. The maximum absolute atomic E-state index is 13.3. The van der Waals surface area contributed by atoms with Gasteiger partial charge in [0.25, 0.3) is 5.56 Å². The van der Waals surface area contributed by atoms with Gasteiger partial charge in [-0.25, -0.2) is 4.98 Å². The molecule has 5 rings (SSSR count). The summed E-state index contributed by atoms with van der Waals surface area (Å²) in [6.45, 7) is 2.11. The average Bonchev–Trinajstić information content (AvgIpc) is 3.50. The van der Waals surface area contributed by atoms with Crippen LogP contribution in [0.2, 0.25) is 0 Å². The first-order valence-electron chi connectivity index (χ1n) is 9.79. The zero-order chi connectivity index (χ0) is 19.8. The molecule has 0 spiro atoms. The third-order valence-corrected chi connectivity index (χ3v) is 6.02. The highest BCUT2D eigenvalue weighted by atomic mass is 32.2. The molecule has 6 nitrogen and oxygen atoms in total. The van der Waals surface area contributed by atoms with Crippen molar-refractivity contribution in [2.45, 2.75) is 43.0 Å². The quantitative estimate of drug-likeness (QED) is 0.348. The van der Waals surface area contributed by atoms with Crippen LogP contribution in [-0.2, 0) is 12.2 Å². The van der Waals surface area contributed by atoms with Crippen molar-refractivity contribution in [3.8, 4) is 5.69 Å². The van der Waals surface area contributed by atoms with Crippen molar-refractivity contribution in [2.75, 3.05) is 0 Å². The largest absolute Gasteiger partial charge is 0.339 e. The maximum Gasteiger partial charge on any atom is 0.266 e. The second kappa shape index (κ2) is 7.48. The van der Waals surface area contributed by atoms with Crippen molar-refractivity contribution in [2.24, 2.45) is 0 Å². The standard InChI is InChI=1S/C22H20N4O2S/c1-2-14-7-11-16(12-8-14)26-21(27)17-5-3-4-6-18(17)23-22(26)29-13-19-24-20(28-25-19)15-9-10-15/h3-8,11-12,15H,2,9-10,13H2,1H3. The first-order chi connectivity index (χ1) is 14.2. The summed E-state index contributed by atoms with van der Waals surface area (Å²) in [6, 6.07) is 15.5. The van der Waals surface area contributed by atoms with Gasteiger partial charge in [-0.3, -0.25) is 9.36 Å². The molecule has 0 bridgehead atoms. The molecule has 0 saturated heterocycles. The second-order valence-corrected chi connectivity index (χ2v) is 8.13. The number of hydrogen-bond donors (Lipinski definition) is 0. The Labute approximate surface area is 172 Å². The van der Waals surface area contributed by atoms with Crippen LogP contribution in [0.1, 0.15) is 43.0 Å². The van der Waals surface area contributed by atoms with E-state index in [1.165, 1.54) is 17.3 Å². The summed E-state index contributed by atoms with van der Waals surface area (Å²) >= 11 is 1.45. The van der Waals surface area contributed by atoms with Gasteiger partial charge in [0, 0.05) is 5.92 Å². The van der Waals surface area contributed by atoms with Crippen LogP contribution >= 0.6 is 11.8 Å². The minimum Gasteiger partial charge on any atom is -0.339 e. The predicted octanol–water partition coefficient (Wildman–Crippen LogP) is 4.50. The SMILES string of the molecule is CCc1ccc(-n2c(SCc3noc(C4CC4)n3)nc3ccccc3c2=O)cc1. The van der Waals surface area contributed by atoms with Crippen LogP contribution in [0.3, 0.4) is 0 Å². The van der Waals surface area contributed by atoms with Gasteiger partial charge in [0.2, 0.25) is 5.89 Å². The Morgan fingerprint density at radius 1 is 1.10 bits per heavy atom. The Morgan fingerprint density at radius 2 is 1.90 bits per heavy atom. The van der Waals surface area contributed by atoms with Crippen LogP contribution in [0.5, 0.6) is 0 Å². The number of rotatable bonds is 6. The summed E-state index contributed by atoms with van der Waals surface area (Å²) in [4.78, 5) is 22.5. The molecule has 29 heavy (non-hydrogen) atoms. The van der Waals surface area contributed by atoms with Crippen LogP contribution in [0.4, 0.5) is 0 Å². The molecular weight excluding hydrogens is 384 g/mol. The molecule has 7 heteroatoms. The van der Waals surface area contributed by atoms with Crippen molar-refractivity contribution >= 4 is 22.7 Å². The first-order valence-corrected chi connectivity index (χ1v) is 10.8. The molecule has 1 fully saturated rings. The smallest absolute Gasteiger partial charge is 0.266 e. The monoisotopic (exact) mass is 404 g/mol. The third-order valence-electron chi connectivity index (χ3n) is 5.09. The van der Waals surface area contributed by atoms with E-state index in [-0.39, 0.29) is 5.56 Å². The molecule has 1 aliphatic rings. The lowest BCUT2D eigenvalue weighted by Crippen LogP contribution is -2.21. The highest BCUT2D eigenvalue weighted by molar-refractivity contribution is 7.98. The fraction of sp³-hybridized carbons (Fsp3) is 0.273. The molecule has 0 aliphatic heterocycles. The lowest BCUT2D eigenvalue weighted by atomic mass is 10.1. The van der Waals surface area contributed by atoms with E-state index in [1.54, 1.807) is 4.57 Å². The zero-order valence-electron chi connectivity index (χ0n) is 16.0. The Morgan fingerprint density at radius 3 is 2.66 bits per heavy atom. The normalized spacial score (nSPS) is 13.8. The second-order valence-electron chi connectivity index (χ2n) is 7.18. The number of para-hydroxylation sites is 1. The third kappa shape index (κ3) is 3.58. The summed E-state index contributed by atoms with van der Waals surface area (Å²) in [5.41, 5.74) is 2.64. The van der Waals surface area contributed by atoms with E-state index >= 15 is 0 Å². The average molecular weight is 404 g/mol. The molecule has 0 unspecified atom stereocenters. The molecule has 146 valence electrons. The number of benzene rings is 2. The number of aromatic nitrogens is 4. The minimum absolute atomic E-state index is 0.0749. The molecule has 0 N–H and O–H groups in total. The number of hydrogen-bond acceptors (Lipinski definition) is 6. The number of thioether (sulfide) groups is 1. The molecule has 2 heterocycles. The molecule has 2 aromatic heterocycles. The number of nitrogens with zero attached hydrogens (tertiary/aromatic N) is 4. The Kier molecular flexibility index (Phi) is 4.67. The topological polar surface area (TPSA) is 73.8 Å². The fourth-order valence-electron chi connectivity index (χ4n) is 3.27. The Hall–Kier alpha value is -2.93. The van der Waals surface area contributed by atoms with Crippen molar-refractivity contribution in [1.29, 1.82) is 0 Å². The van der Waals surface area contributed by atoms with Gasteiger partial charge < -0.3 is 4.52 Å². The molecule has 0 radical (unpaired) electrons. The first kappa shape index (κ1) is 18.1. The summed E-state index contributed by atoms with van der Waals surface area (Å²) in [5.74, 6) is 2.27. The van der Waals surface area contributed by atoms with Gasteiger partial charge in [-0.1, -0.05) is 48.1 Å². The molecule has 1 aliphatic carbocycles. The number of fused-ring (bicyclic) bond motifs is 1. The van der Waals surface area contributed by atoms with Crippen LogP contribution in [-0.4, -0.2) is 19.7 Å². The van der Waals surface area contributed by atoms with Gasteiger partial charge in [0.15, 0.2) is 11.0 Å². The van der Waals surface area contributed by atoms with E-state index in [4.69, 9.17) is 9.51 Å². The van der Waals surface area contributed by atoms with Gasteiger partial charge in [-0.05, 0) is 49.1 Å². The summed E-state index contributed by atoms with van der Waals surface area (Å²) in [7, 11) is 0.